The van der Waals surface area contributed by atoms with Crippen molar-refractivity contribution >= 4 is 38.0 Å². The van der Waals surface area contributed by atoms with Crippen LogP contribution < -0.4 is 10.5 Å². The number of fused-ring (bicyclic) bond motifs is 1. The van der Waals surface area contributed by atoms with Crippen molar-refractivity contribution in [3.8, 4) is 0 Å². The highest BCUT2D eigenvalue weighted by Gasteiger charge is 2.19. The van der Waals surface area contributed by atoms with Crippen LogP contribution in [-0.2, 0) is 6.54 Å². The number of hydrogen-bond acceptors (Lipinski definition) is 7. The zero-order chi connectivity index (χ0) is 17.4. The lowest BCUT2D eigenvalue weighted by atomic mass is 10.2. The third-order valence-corrected chi connectivity index (χ3v) is 5.49. The van der Waals surface area contributed by atoms with Crippen LogP contribution in [0.2, 0.25) is 0 Å². The van der Waals surface area contributed by atoms with Gasteiger partial charge in [-0.05, 0) is 35.0 Å². The molecule has 0 saturated carbocycles. The maximum absolute atomic E-state index is 12.1. The molecule has 130 valence electrons. The Balaban J connectivity index is 1.43. The summed E-state index contributed by atoms with van der Waals surface area (Å²) in [7, 11) is 0. The van der Waals surface area contributed by atoms with Gasteiger partial charge in [0, 0.05) is 49.5 Å². The zero-order valence-corrected chi connectivity index (χ0v) is 16.1. The van der Waals surface area contributed by atoms with Gasteiger partial charge in [0.2, 0.25) is 4.96 Å². The van der Waals surface area contributed by atoms with Crippen molar-refractivity contribution in [3.63, 3.8) is 0 Å². The number of nitrogens with zero attached hydrogens (tertiary/aromatic N) is 6. The molecule has 4 rings (SSSR count). The summed E-state index contributed by atoms with van der Waals surface area (Å²) in [6, 6.07) is 5.63. The van der Waals surface area contributed by atoms with Crippen LogP contribution in [0.1, 0.15) is 10.7 Å². The van der Waals surface area contributed by atoms with Gasteiger partial charge in [-0.25, -0.2) is 9.97 Å². The number of aryl methyl sites for hydroxylation is 1. The van der Waals surface area contributed by atoms with Gasteiger partial charge in [-0.15, -0.1) is 0 Å². The van der Waals surface area contributed by atoms with E-state index in [9.17, 15) is 4.79 Å². The van der Waals surface area contributed by atoms with Gasteiger partial charge in [0.05, 0.1) is 5.69 Å². The molecule has 0 bridgehead atoms. The van der Waals surface area contributed by atoms with Gasteiger partial charge in [0.25, 0.3) is 5.56 Å². The molecule has 0 atom stereocenters. The maximum Gasteiger partial charge on any atom is 0.275 e. The van der Waals surface area contributed by atoms with Crippen molar-refractivity contribution in [1.82, 2.24) is 24.5 Å². The second-order valence-electron chi connectivity index (χ2n) is 6.00. The largest absolute Gasteiger partial charge is 0.354 e. The maximum atomic E-state index is 12.1. The van der Waals surface area contributed by atoms with Crippen molar-refractivity contribution in [2.45, 2.75) is 13.5 Å². The van der Waals surface area contributed by atoms with Gasteiger partial charge in [-0.3, -0.25) is 9.69 Å². The molecule has 7 nitrogen and oxygen atoms in total. The molecule has 1 saturated heterocycles. The first-order valence-corrected chi connectivity index (χ1v) is 9.65. The monoisotopic (exact) mass is 420 g/mol. The third kappa shape index (κ3) is 3.58. The van der Waals surface area contributed by atoms with E-state index >= 15 is 0 Å². The Morgan fingerprint density at radius 2 is 2.04 bits per heavy atom. The Hall–Kier alpha value is -1.84. The minimum atomic E-state index is -0.109. The summed E-state index contributed by atoms with van der Waals surface area (Å²) in [5, 5.41) is 5.02. The average molecular weight is 421 g/mol. The lowest BCUT2D eigenvalue weighted by molar-refractivity contribution is 0.246. The number of aromatic nitrogens is 4. The fraction of sp³-hybridized carbons (Fsp3) is 0.375. The van der Waals surface area contributed by atoms with E-state index < -0.39 is 0 Å². The second kappa shape index (κ2) is 6.81. The highest BCUT2D eigenvalue weighted by molar-refractivity contribution is 9.10. The van der Waals surface area contributed by atoms with Gasteiger partial charge in [0.15, 0.2) is 0 Å². The summed E-state index contributed by atoms with van der Waals surface area (Å²) in [6.07, 6.45) is 1.82. The van der Waals surface area contributed by atoms with Crippen molar-refractivity contribution in [2.75, 3.05) is 31.1 Å². The minimum absolute atomic E-state index is 0.109. The Bertz CT molecular complexity index is 945. The molecule has 1 aliphatic heterocycles. The Morgan fingerprint density at radius 3 is 2.76 bits per heavy atom. The van der Waals surface area contributed by atoms with E-state index in [1.54, 1.807) is 6.07 Å². The molecule has 0 aromatic carbocycles. The molecule has 0 radical (unpaired) electrons. The number of pyridine rings is 1. The van der Waals surface area contributed by atoms with Gasteiger partial charge in [-0.2, -0.15) is 9.61 Å². The van der Waals surface area contributed by atoms with E-state index in [1.807, 2.05) is 25.3 Å². The molecule has 9 heteroatoms. The predicted molar refractivity (Wildman–Crippen MR) is 101 cm³/mol. The van der Waals surface area contributed by atoms with Gasteiger partial charge in [-0.1, -0.05) is 11.3 Å². The van der Waals surface area contributed by atoms with Crippen LogP contribution in [0.3, 0.4) is 0 Å². The van der Waals surface area contributed by atoms with E-state index in [2.05, 4.69) is 40.8 Å². The van der Waals surface area contributed by atoms with Crippen LogP contribution in [0.15, 0.2) is 33.7 Å². The van der Waals surface area contributed by atoms with E-state index in [0.29, 0.717) is 11.5 Å². The second-order valence-corrected chi connectivity index (χ2v) is 8.07. The highest BCUT2D eigenvalue weighted by atomic mass is 79.9. The molecule has 0 amide bonds. The van der Waals surface area contributed by atoms with E-state index in [4.69, 9.17) is 0 Å². The number of hydrogen-bond donors (Lipinski definition) is 0. The predicted octanol–water partition coefficient (Wildman–Crippen LogP) is 1.94. The zero-order valence-electron chi connectivity index (χ0n) is 13.7. The summed E-state index contributed by atoms with van der Waals surface area (Å²) >= 11 is 4.86. The first-order chi connectivity index (χ1) is 12.1. The Kier molecular flexibility index (Phi) is 4.53. The standard InChI is InChI=1S/C16H17BrN6OS/c1-11-20-23-15(24)8-13(19-16(23)25-11)10-21-4-6-22(7-5-21)14-3-2-12(17)9-18-14/h2-3,8-9H,4-7,10H2,1H3. The van der Waals surface area contributed by atoms with Crippen LogP contribution in [0.25, 0.3) is 4.96 Å². The third-order valence-electron chi connectivity index (χ3n) is 4.19. The van der Waals surface area contributed by atoms with Gasteiger partial charge < -0.3 is 4.90 Å². The Labute approximate surface area is 157 Å². The number of rotatable bonds is 3. The lowest BCUT2D eigenvalue weighted by Gasteiger charge is -2.35. The summed E-state index contributed by atoms with van der Waals surface area (Å²) < 4.78 is 2.36. The van der Waals surface area contributed by atoms with Crippen LogP contribution in [0, 0.1) is 6.92 Å². The molecule has 0 N–H and O–H groups in total. The van der Waals surface area contributed by atoms with Crippen molar-refractivity contribution in [3.05, 3.63) is 49.9 Å². The van der Waals surface area contributed by atoms with Crippen LogP contribution in [0.4, 0.5) is 5.82 Å². The lowest BCUT2D eigenvalue weighted by Crippen LogP contribution is -2.46. The number of halogens is 1. The van der Waals surface area contributed by atoms with Gasteiger partial charge >= 0.3 is 0 Å². The minimum Gasteiger partial charge on any atom is -0.354 e. The molecular weight excluding hydrogens is 404 g/mol. The molecule has 0 spiro atoms. The molecule has 25 heavy (non-hydrogen) atoms. The molecule has 4 heterocycles. The van der Waals surface area contributed by atoms with Gasteiger partial charge in [0.1, 0.15) is 10.8 Å². The van der Waals surface area contributed by atoms with Crippen LogP contribution >= 0.6 is 27.3 Å². The van der Waals surface area contributed by atoms with E-state index in [0.717, 1.165) is 47.2 Å². The topological polar surface area (TPSA) is 66.6 Å². The summed E-state index contributed by atoms with van der Waals surface area (Å²) in [6.45, 7) is 6.23. The number of piperazine rings is 1. The normalized spacial score (nSPS) is 15.8. The summed E-state index contributed by atoms with van der Waals surface area (Å²) in [5.74, 6) is 1.00. The summed E-state index contributed by atoms with van der Waals surface area (Å²) in [4.78, 5) is 26.5. The first-order valence-electron chi connectivity index (χ1n) is 8.04. The molecule has 0 aliphatic carbocycles. The summed E-state index contributed by atoms with van der Waals surface area (Å²) in [5.41, 5.74) is 0.700. The van der Waals surface area contributed by atoms with Crippen molar-refractivity contribution in [1.29, 1.82) is 0 Å². The number of anilines is 1. The van der Waals surface area contributed by atoms with Crippen molar-refractivity contribution < 1.29 is 0 Å². The first kappa shape index (κ1) is 16.6. The smallest absolute Gasteiger partial charge is 0.275 e. The molecule has 1 aliphatic rings. The molecule has 3 aromatic rings. The Morgan fingerprint density at radius 1 is 1.24 bits per heavy atom. The molecule has 3 aromatic heterocycles. The molecular formula is C16H17BrN6OS. The molecule has 1 fully saturated rings. The van der Waals surface area contributed by atoms with E-state index in [1.165, 1.54) is 15.9 Å². The SMILES string of the molecule is Cc1nn2c(=O)cc(CN3CCN(c4ccc(Br)cn4)CC3)nc2s1. The average Bonchev–Trinajstić information content (AvgIpc) is 2.97. The fourth-order valence-electron chi connectivity index (χ4n) is 2.95. The van der Waals surface area contributed by atoms with Crippen LogP contribution in [0.5, 0.6) is 0 Å². The quantitative estimate of drug-likeness (QED) is 0.644. The molecule has 0 unspecified atom stereocenters. The van der Waals surface area contributed by atoms with Crippen molar-refractivity contribution in [2.24, 2.45) is 0 Å². The fourth-order valence-corrected chi connectivity index (χ4v) is 3.95. The van der Waals surface area contributed by atoms with E-state index in [-0.39, 0.29) is 5.56 Å². The van der Waals surface area contributed by atoms with Crippen LogP contribution in [-0.4, -0.2) is 50.7 Å². The highest BCUT2D eigenvalue weighted by Crippen LogP contribution is 2.17.